The lowest BCUT2D eigenvalue weighted by atomic mass is 10.2. The molecule has 0 N–H and O–H groups in total. The summed E-state index contributed by atoms with van der Waals surface area (Å²) < 4.78 is 0. The molecule has 0 aliphatic heterocycles. The van der Waals surface area contributed by atoms with Gasteiger partial charge in [-0.1, -0.05) is 43.3 Å². The maximum atomic E-state index is 12.1. The summed E-state index contributed by atoms with van der Waals surface area (Å²) in [6.45, 7) is 4.35. The highest BCUT2D eigenvalue weighted by molar-refractivity contribution is 5.87. The molecular formula is C16H24N2O. The summed E-state index contributed by atoms with van der Waals surface area (Å²) >= 11 is 0. The van der Waals surface area contributed by atoms with Crippen LogP contribution in [0.25, 0.3) is 0 Å². The monoisotopic (exact) mass is 260 g/mol. The Hall–Kier alpha value is -1.61. The van der Waals surface area contributed by atoms with Crippen molar-refractivity contribution < 1.29 is 4.79 Å². The lowest BCUT2D eigenvalue weighted by Crippen LogP contribution is -2.30. The second kappa shape index (κ2) is 8.48. The van der Waals surface area contributed by atoms with Crippen LogP contribution in [0.4, 0.5) is 0 Å². The van der Waals surface area contributed by atoms with Gasteiger partial charge in [-0.2, -0.15) is 0 Å². The van der Waals surface area contributed by atoms with E-state index in [0.717, 1.165) is 19.5 Å². The molecule has 0 bridgehead atoms. The number of carbonyl (C=O) groups is 1. The second-order valence-electron chi connectivity index (χ2n) is 4.91. The van der Waals surface area contributed by atoms with Crippen LogP contribution in [-0.4, -0.2) is 42.9 Å². The number of benzene rings is 1. The van der Waals surface area contributed by atoms with E-state index in [1.165, 1.54) is 5.56 Å². The van der Waals surface area contributed by atoms with Gasteiger partial charge in [-0.05, 0) is 26.1 Å². The summed E-state index contributed by atoms with van der Waals surface area (Å²) in [4.78, 5) is 16.1. The lowest BCUT2D eigenvalue weighted by molar-refractivity contribution is -0.126. The average molecular weight is 260 g/mol. The highest BCUT2D eigenvalue weighted by Crippen LogP contribution is 2.06. The summed E-state index contributed by atoms with van der Waals surface area (Å²) in [6.07, 6.45) is 4.56. The topological polar surface area (TPSA) is 23.6 Å². The zero-order valence-electron chi connectivity index (χ0n) is 12.2. The van der Waals surface area contributed by atoms with Gasteiger partial charge in [0.15, 0.2) is 0 Å². The number of likely N-dealkylation sites (N-methyl/N-ethyl adjacent to an activating group) is 1. The van der Waals surface area contributed by atoms with Gasteiger partial charge in [0.05, 0.1) is 0 Å². The van der Waals surface area contributed by atoms with Crippen LogP contribution in [0.15, 0.2) is 42.5 Å². The van der Waals surface area contributed by atoms with Gasteiger partial charge in [-0.25, -0.2) is 0 Å². The van der Waals surface area contributed by atoms with E-state index in [-0.39, 0.29) is 5.91 Å². The standard InChI is InChI=1S/C16H24N2O/c1-4-12-18(14-15-9-6-5-7-10-15)16(19)11-8-13-17(2)3/h5-11H,4,12-14H2,1-3H3/b11-8-. The third-order valence-corrected chi connectivity index (χ3v) is 2.75. The molecule has 3 nitrogen and oxygen atoms in total. The van der Waals surface area contributed by atoms with Gasteiger partial charge in [0.25, 0.3) is 0 Å². The molecule has 0 unspecified atom stereocenters. The SMILES string of the molecule is CCCN(Cc1ccccc1)C(=O)/C=C\CN(C)C. The van der Waals surface area contributed by atoms with E-state index in [0.29, 0.717) is 6.54 Å². The highest BCUT2D eigenvalue weighted by Gasteiger charge is 2.09. The van der Waals surface area contributed by atoms with Gasteiger partial charge in [0, 0.05) is 25.7 Å². The molecule has 0 aliphatic rings. The predicted octanol–water partition coefficient (Wildman–Crippen LogP) is 2.54. The van der Waals surface area contributed by atoms with Crippen molar-refractivity contribution in [1.82, 2.24) is 9.80 Å². The van der Waals surface area contributed by atoms with Crippen LogP contribution < -0.4 is 0 Å². The number of hydrogen-bond donors (Lipinski definition) is 0. The Kier molecular flexibility index (Phi) is 6.90. The normalized spacial score (nSPS) is 11.2. The zero-order chi connectivity index (χ0) is 14.1. The molecule has 0 saturated heterocycles. The summed E-state index contributed by atoms with van der Waals surface area (Å²) in [5.74, 6) is 0.0903. The first-order valence-electron chi connectivity index (χ1n) is 6.77. The van der Waals surface area contributed by atoms with Crippen LogP contribution >= 0.6 is 0 Å². The molecule has 104 valence electrons. The minimum absolute atomic E-state index is 0.0903. The molecule has 0 saturated carbocycles. The fraction of sp³-hybridized carbons (Fsp3) is 0.438. The molecule has 1 aromatic rings. The molecule has 19 heavy (non-hydrogen) atoms. The molecule has 0 atom stereocenters. The summed E-state index contributed by atoms with van der Waals surface area (Å²) in [7, 11) is 3.98. The smallest absolute Gasteiger partial charge is 0.246 e. The second-order valence-corrected chi connectivity index (χ2v) is 4.91. The molecule has 3 heteroatoms. The number of carbonyl (C=O) groups excluding carboxylic acids is 1. The van der Waals surface area contributed by atoms with Gasteiger partial charge in [0.1, 0.15) is 0 Å². The molecule has 0 fully saturated rings. The van der Waals surface area contributed by atoms with E-state index >= 15 is 0 Å². The predicted molar refractivity (Wildman–Crippen MR) is 79.8 cm³/mol. The third-order valence-electron chi connectivity index (χ3n) is 2.75. The first-order chi connectivity index (χ1) is 9.13. The molecule has 0 aliphatic carbocycles. The van der Waals surface area contributed by atoms with Crippen molar-refractivity contribution in [3.63, 3.8) is 0 Å². The van der Waals surface area contributed by atoms with Crippen molar-refractivity contribution in [3.05, 3.63) is 48.0 Å². The highest BCUT2D eigenvalue weighted by atomic mass is 16.2. The van der Waals surface area contributed by atoms with Crippen molar-refractivity contribution >= 4 is 5.91 Å². The Balaban J connectivity index is 2.61. The quantitative estimate of drug-likeness (QED) is 0.703. The number of rotatable bonds is 7. The Bertz CT molecular complexity index is 398. The molecule has 1 aromatic carbocycles. The minimum Gasteiger partial charge on any atom is -0.335 e. The van der Waals surface area contributed by atoms with Crippen LogP contribution in [0.3, 0.4) is 0 Å². The fourth-order valence-corrected chi connectivity index (χ4v) is 1.81. The summed E-state index contributed by atoms with van der Waals surface area (Å²) in [6, 6.07) is 10.1. The Morgan fingerprint density at radius 2 is 1.89 bits per heavy atom. The molecule has 0 aromatic heterocycles. The molecule has 0 heterocycles. The largest absolute Gasteiger partial charge is 0.335 e. The van der Waals surface area contributed by atoms with Gasteiger partial charge < -0.3 is 9.80 Å². The van der Waals surface area contributed by atoms with Crippen LogP contribution in [0.1, 0.15) is 18.9 Å². The van der Waals surface area contributed by atoms with Crippen molar-refractivity contribution in [3.8, 4) is 0 Å². The van der Waals surface area contributed by atoms with E-state index in [4.69, 9.17) is 0 Å². The Morgan fingerprint density at radius 3 is 2.47 bits per heavy atom. The lowest BCUT2D eigenvalue weighted by Gasteiger charge is -2.20. The van der Waals surface area contributed by atoms with Crippen molar-refractivity contribution in [1.29, 1.82) is 0 Å². The maximum Gasteiger partial charge on any atom is 0.246 e. The molecule has 1 rings (SSSR count). The van der Waals surface area contributed by atoms with E-state index in [1.54, 1.807) is 6.08 Å². The van der Waals surface area contributed by atoms with Crippen molar-refractivity contribution in [2.45, 2.75) is 19.9 Å². The van der Waals surface area contributed by atoms with Gasteiger partial charge in [-0.15, -0.1) is 0 Å². The molecule has 0 radical (unpaired) electrons. The van der Waals surface area contributed by atoms with Crippen LogP contribution in [0.2, 0.25) is 0 Å². The number of hydrogen-bond acceptors (Lipinski definition) is 2. The maximum absolute atomic E-state index is 12.1. The van der Waals surface area contributed by atoms with Gasteiger partial charge >= 0.3 is 0 Å². The summed E-state index contributed by atoms with van der Waals surface area (Å²) in [5.41, 5.74) is 1.17. The first-order valence-corrected chi connectivity index (χ1v) is 6.77. The van der Waals surface area contributed by atoms with Crippen LogP contribution in [0.5, 0.6) is 0 Å². The van der Waals surface area contributed by atoms with Crippen molar-refractivity contribution in [2.24, 2.45) is 0 Å². The van der Waals surface area contributed by atoms with Gasteiger partial charge in [0.2, 0.25) is 5.91 Å². The van der Waals surface area contributed by atoms with Crippen LogP contribution in [-0.2, 0) is 11.3 Å². The molecule has 1 amide bonds. The van der Waals surface area contributed by atoms with Gasteiger partial charge in [-0.3, -0.25) is 4.79 Å². The summed E-state index contributed by atoms with van der Waals surface area (Å²) in [5, 5.41) is 0. The molecule has 0 spiro atoms. The number of nitrogens with zero attached hydrogens (tertiary/aromatic N) is 2. The van der Waals surface area contributed by atoms with Crippen molar-refractivity contribution in [2.75, 3.05) is 27.2 Å². The first kappa shape index (κ1) is 15.4. The van der Waals surface area contributed by atoms with E-state index in [9.17, 15) is 4.79 Å². The third kappa shape index (κ3) is 6.20. The molecular weight excluding hydrogens is 236 g/mol. The Morgan fingerprint density at radius 1 is 1.21 bits per heavy atom. The average Bonchev–Trinajstić information content (AvgIpc) is 2.39. The Labute approximate surface area is 116 Å². The van der Waals surface area contributed by atoms with E-state index in [2.05, 4.69) is 19.1 Å². The zero-order valence-corrected chi connectivity index (χ0v) is 12.2. The van der Waals surface area contributed by atoms with Crippen LogP contribution in [0, 0.1) is 0 Å². The minimum atomic E-state index is 0.0903. The van der Waals surface area contributed by atoms with E-state index < -0.39 is 0 Å². The fourth-order valence-electron chi connectivity index (χ4n) is 1.81. The number of amides is 1. The van der Waals surface area contributed by atoms with E-state index in [1.807, 2.05) is 48.2 Å².